The minimum atomic E-state index is -0.451. The molecule has 0 aromatic heterocycles. The third-order valence-corrected chi connectivity index (χ3v) is 2.97. The van der Waals surface area contributed by atoms with E-state index in [1.54, 1.807) is 0 Å². The van der Waals surface area contributed by atoms with Gasteiger partial charge in [0.1, 0.15) is 5.60 Å². The Kier molecular flexibility index (Phi) is 6.83. The van der Waals surface area contributed by atoms with Crippen molar-refractivity contribution in [3.8, 4) is 11.8 Å². The number of nitrogens with zero attached hydrogens (tertiary/aromatic N) is 1. The molecule has 1 amide bonds. The van der Waals surface area contributed by atoms with Crippen LogP contribution in [0.2, 0.25) is 0 Å². The minimum Gasteiger partial charge on any atom is -0.444 e. The van der Waals surface area contributed by atoms with E-state index in [-0.39, 0.29) is 18.7 Å². The number of likely N-dealkylation sites (tertiary alicyclic amines) is 1. The van der Waals surface area contributed by atoms with Gasteiger partial charge in [-0.3, -0.25) is 4.90 Å². The molecule has 1 aliphatic rings. The number of hydrogen-bond donors (Lipinski definition) is 2. The second-order valence-corrected chi connectivity index (χ2v) is 6.02. The van der Waals surface area contributed by atoms with Crippen LogP contribution in [0.3, 0.4) is 0 Å². The molecule has 20 heavy (non-hydrogen) atoms. The summed E-state index contributed by atoms with van der Waals surface area (Å²) in [4.78, 5) is 13.9. The van der Waals surface area contributed by atoms with Crippen LogP contribution in [0, 0.1) is 11.8 Å². The van der Waals surface area contributed by atoms with Crippen molar-refractivity contribution in [3.63, 3.8) is 0 Å². The van der Waals surface area contributed by atoms with Gasteiger partial charge in [0, 0.05) is 25.6 Å². The standard InChI is InChI=1S/C15H26N2O3/c1-15(2,3)20-14(19)16-13-7-10-17(11-8-13)9-5-4-6-12-18/h13,18H,6-12H2,1-3H3,(H,16,19). The SMILES string of the molecule is CC(C)(C)OC(=O)NC1CCN(CC#CCCO)CC1. The number of ether oxygens (including phenoxy) is 1. The first-order valence-electron chi connectivity index (χ1n) is 7.19. The molecule has 0 aromatic carbocycles. The Hall–Kier alpha value is -1.25. The Morgan fingerprint density at radius 2 is 2.00 bits per heavy atom. The van der Waals surface area contributed by atoms with Gasteiger partial charge in [-0.2, -0.15) is 0 Å². The first kappa shape index (κ1) is 16.8. The molecule has 114 valence electrons. The monoisotopic (exact) mass is 282 g/mol. The molecule has 1 aliphatic heterocycles. The van der Waals surface area contributed by atoms with Gasteiger partial charge in [0.25, 0.3) is 0 Å². The fraction of sp³-hybridized carbons (Fsp3) is 0.800. The van der Waals surface area contributed by atoms with Gasteiger partial charge in [-0.25, -0.2) is 4.79 Å². The summed E-state index contributed by atoms with van der Waals surface area (Å²) in [5, 5.41) is 11.5. The highest BCUT2D eigenvalue weighted by Crippen LogP contribution is 2.12. The summed E-state index contributed by atoms with van der Waals surface area (Å²) in [6.07, 6.45) is 2.04. The molecule has 1 rings (SSSR count). The van der Waals surface area contributed by atoms with Crippen molar-refractivity contribution < 1.29 is 14.6 Å². The average Bonchev–Trinajstić information content (AvgIpc) is 2.34. The van der Waals surface area contributed by atoms with Crippen LogP contribution in [0.5, 0.6) is 0 Å². The van der Waals surface area contributed by atoms with E-state index in [0.717, 1.165) is 32.5 Å². The number of piperidine rings is 1. The molecule has 1 heterocycles. The molecule has 0 bridgehead atoms. The Morgan fingerprint density at radius 1 is 1.35 bits per heavy atom. The number of hydrogen-bond acceptors (Lipinski definition) is 4. The molecule has 2 N–H and O–H groups in total. The Balaban J connectivity index is 2.22. The van der Waals surface area contributed by atoms with E-state index in [0.29, 0.717) is 6.42 Å². The van der Waals surface area contributed by atoms with E-state index in [1.807, 2.05) is 20.8 Å². The molecular weight excluding hydrogens is 256 g/mol. The first-order valence-corrected chi connectivity index (χ1v) is 7.19. The smallest absolute Gasteiger partial charge is 0.407 e. The third kappa shape index (κ3) is 7.37. The maximum absolute atomic E-state index is 11.7. The van der Waals surface area contributed by atoms with Gasteiger partial charge in [0.05, 0.1) is 13.2 Å². The van der Waals surface area contributed by atoms with Crippen LogP contribution in [0.1, 0.15) is 40.0 Å². The fourth-order valence-electron chi connectivity index (χ4n) is 2.02. The quantitative estimate of drug-likeness (QED) is 0.767. The van der Waals surface area contributed by atoms with Crippen LogP contribution in [0.4, 0.5) is 4.79 Å². The number of aliphatic hydroxyl groups excluding tert-OH is 1. The topological polar surface area (TPSA) is 61.8 Å². The summed E-state index contributed by atoms with van der Waals surface area (Å²) < 4.78 is 5.25. The lowest BCUT2D eigenvalue weighted by Crippen LogP contribution is -2.46. The third-order valence-electron chi connectivity index (χ3n) is 2.97. The maximum Gasteiger partial charge on any atom is 0.407 e. The van der Waals surface area contributed by atoms with Crippen LogP contribution < -0.4 is 5.32 Å². The summed E-state index contributed by atoms with van der Waals surface area (Å²) in [7, 11) is 0. The molecule has 5 heteroatoms. The average molecular weight is 282 g/mol. The summed E-state index contributed by atoms with van der Waals surface area (Å²) in [5.74, 6) is 5.97. The fourth-order valence-corrected chi connectivity index (χ4v) is 2.02. The van der Waals surface area contributed by atoms with Gasteiger partial charge in [-0.15, -0.1) is 0 Å². The van der Waals surface area contributed by atoms with E-state index >= 15 is 0 Å². The molecule has 0 aliphatic carbocycles. The number of alkyl carbamates (subject to hydrolysis) is 1. The van der Waals surface area contributed by atoms with E-state index in [9.17, 15) is 4.79 Å². The Morgan fingerprint density at radius 3 is 2.55 bits per heavy atom. The van der Waals surface area contributed by atoms with Crippen molar-refractivity contribution in [3.05, 3.63) is 0 Å². The van der Waals surface area contributed by atoms with E-state index in [4.69, 9.17) is 9.84 Å². The van der Waals surface area contributed by atoms with E-state index in [1.165, 1.54) is 0 Å². The number of nitrogens with one attached hydrogen (secondary N) is 1. The van der Waals surface area contributed by atoms with Crippen molar-refractivity contribution in [2.24, 2.45) is 0 Å². The predicted octanol–water partition coefficient (Wildman–Crippen LogP) is 1.36. The van der Waals surface area contributed by atoms with Gasteiger partial charge >= 0.3 is 6.09 Å². The van der Waals surface area contributed by atoms with Crippen molar-refractivity contribution in [1.29, 1.82) is 0 Å². The van der Waals surface area contributed by atoms with E-state index < -0.39 is 5.60 Å². The normalized spacial score (nSPS) is 17.2. The Bertz CT molecular complexity index is 358. The van der Waals surface area contributed by atoms with Crippen molar-refractivity contribution >= 4 is 6.09 Å². The lowest BCUT2D eigenvalue weighted by molar-refractivity contribution is 0.0481. The largest absolute Gasteiger partial charge is 0.444 e. The van der Waals surface area contributed by atoms with Crippen molar-refractivity contribution in [2.75, 3.05) is 26.2 Å². The molecule has 0 saturated carbocycles. The number of aliphatic hydroxyl groups is 1. The van der Waals surface area contributed by atoms with Crippen LogP contribution in [-0.2, 0) is 4.74 Å². The predicted molar refractivity (Wildman–Crippen MR) is 78.3 cm³/mol. The summed E-state index contributed by atoms with van der Waals surface area (Å²) >= 11 is 0. The zero-order valence-corrected chi connectivity index (χ0v) is 12.7. The number of carbonyl (C=O) groups is 1. The summed E-state index contributed by atoms with van der Waals surface area (Å²) in [5.41, 5.74) is -0.451. The van der Waals surface area contributed by atoms with Gasteiger partial charge in [-0.05, 0) is 33.6 Å². The number of carbonyl (C=O) groups excluding carboxylic acids is 1. The van der Waals surface area contributed by atoms with Crippen molar-refractivity contribution in [1.82, 2.24) is 10.2 Å². The highest BCUT2D eigenvalue weighted by Gasteiger charge is 2.23. The van der Waals surface area contributed by atoms with Gasteiger partial charge < -0.3 is 15.2 Å². The van der Waals surface area contributed by atoms with Crippen LogP contribution in [-0.4, -0.2) is 54.0 Å². The van der Waals surface area contributed by atoms with Gasteiger partial charge in [0.15, 0.2) is 0 Å². The Labute approximate surface area is 121 Å². The zero-order valence-electron chi connectivity index (χ0n) is 12.7. The second-order valence-electron chi connectivity index (χ2n) is 6.02. The molecule has 1 fully saturated rings. The molecule has 5 nitrogen and oxygen atoms in total. The zero-order chi connectivity index (χ0) is 15.0. The molecule has 0 unspecified atom stereocenters. The van der Waals surface area contributed by atoms with Gasteiger partial charge in [0.2, 0.25) is 0 Å². The van der Waals surface area contributed by atoms with E-state index in [2.05, 4.69) is 22.1 Å². The first-order chi connectivity index (χ1) is 9.40. The highest BCUT2D eigenvalue weighted by molar-refractivity contribution is 5.68. The molecule has 0 spiro atoms. The lowest BCUT2D eigenvalue weighted by atomic mass is 10.1. The number of rotatable bonds is 3. The summed E-state index contributed by atoms with van der Waals surface area (Å²) in [6, 6.07) is 0.187. The van der Waals surface area contributed by atoms with Gasteiger partial charge in [-0.1, -0.05) is 11.8 Å². The maximum atomic E-state index is 11.7. The number of amides is 1. The van der Waals surface area contributed by atoms with Crippen LogP contribution >= 0.6 is 0 Å². The van der Waals surface area contributed by atoms with Crippen molar-refractivity contribution in [2.45, 2.75) is 51.7 Å². The minimum absolute atomic E-state index is 0.120. The molecule has 0 aromatic rings. The second kappa shape index (κ2) is 8.13. The molecule has 1 saturated heterocycles. The van der Waals surface area contributed by atoms with Crippen LogP contribution in [0.15, 0.2) is 0 Å². The molecule has 0 atom stereocenters. The molecular formula is C15H26N2O3. The van der Waals surface area contributed by atoms with Crippen LogP contribution in [0.25, 0.3) is 0 Å². The molecule has 0 radical (unpaired) electrons. The lowest BCUT2D eigenvalue weighted by Gasteiger charge is -2.31. The highest BCUT2D eigenvalue weighted by atomic mass is 16.6. The summed E-state index contributed by atoms with van der Waals surface area (Å²) in [6.45, 7) is 8.29.